The third kappa shape index (κ3) is 6.07. The van der Waals surface area contributed by atoms with Gasteiger partial charge in [0, 0.05) is 0 Å². The van der Waals surface area contributed by atoms with Gasteiger partial charge >= 0.3 is 12.1 Å². The number of amides is 1. The van der Waals surface area contributed by atoms with Gasteiger partial charge in [0.2, 0.25) is 0 Å². The lowest BCUT2D eigenvalue weighted by Crippen LogP contribution is -2.43. The smallest absolute Gasteiger partial charge is 0.408 e. The molecule has 0 unspecified atom stereocenters. The summed E-state index contributed by atoms with van der Waals surface area (Å²) in [5.74, 6) is -2.51. The van der Waals surface area contributed by atoms with Gasteiger partial charge in [0.05, 0.1) is 0 Å². The maximum atomic E-state index is 13.5. The molecule has 0 spiro atoms. The summed E-state index contributed by atoms with van der Waals surface area (Å²) in [4.78, 5) is 22.7. The first-order valence-electron chi connectivity index (χ1n) is 6.75. The van der Waals surface area contributed by atoms with E-state index in [4.69, 9.17) is 9.84 Å². The number of alkyl carbamates (subject to hydrolysis) is 1. The predicted octanol–water partition coefficient (Wildman–Crippen LogP) is 2.88. The number of carboxylic acid groups (broad SMARTS) is 1. The largest absolute Gasteiger partial charge is 0.480 e. The zero-order valence-electron chi connectivity index (χ0n) is 12.7. The third-order valence-corrected chi connectivity index (χ3v) is 2.70. The molecule has 1 aromatic carbocycles. The van der Waals surface area contributed by atoms with E-state index >= 15 is 0 Å². The quantitative estimate of drug-likeness (QED) is 0.876. The van der Waals surface area contributed by atoms with Crippen LogP contribution in [0.4, 0.5) is 13.6 Å². The molecule has 1 aromatic rings. The fraction of sp³-hybridized carbons (Fsp3) is 0.467. The van der Waals surface area contributed by atoms with Gasteiger partial charge in [0.1, 0.15) is 23.3 Å². The van der Waals surface area contributed by atoms with E-state index in [1.165, 1.54) is 0 Å². The van der Waals surface area contributed by atoms with Crippen LogP contribution in [0, 0.1) is 11.6 Å². The van der Waals surface area contributed by atoms with E-state index in [1.807, 2.05) is 0 Å². The molecule has 5 nitrogen and oxygen atoms in total. The standard InChI is InChI=1S/C15H19F2NO4/c1-15(2,3)22-14(21)18-12(13(19)20)7-4-9-8-10(16)5-6-11(9)17/h5-6,8,12H,4,7H2,1-3H3,(H,18,21)(H,19,20)/t12-/m1/s1. The molecule has 0 bridgehead atoms. The van der Waals surface area contributed by atoms with Crippen molar-refractivity contribution >= 4 is 12.1 Å². The molecule has 0 aliphatic carbocycles. The topological polar surface area (TPSA) is 75.6 Å². The normalized spacial score (nSPS) is 12.6. The fourth-order valence-electron chi connectivity index (χ4n) is 1.74. The molecule has 122 valence electrons. The summed E-state index contributed by atoms with van der Waals surface area (Å²) in [6.07, 6.45) is -0.995. The molecule has 0 heterocycles. The van der Waals surface area contributed by atoms with Crippen molar-refractivity contribution < 1.29 is 28.2 Å². The minimum Gasteiger partial charge on any atom is -0.480 e. The van der Waals surface area contributed by atoms with Crippen LogP contribution in [0.15, 0.2) is 18.2 Å². The number of halogens is 2. The van der Waals surface area contributed by atoms with Crippen LogP contribution >= 0.6 is 0 Å². The van der Waals surface area contributed by atoms with Crippen molar-refractivity contribution in [2.75, 3.05) is 0 Å². The Morgan fingerprint density at radius 1 is 1.32 bits per heavy atom. The van der Waals surface area contributed by atoms with Gasteiger partial charge in [-0.05, 0) is 57.4 Å². The van der Waals surface area contributed by atoms with Gasteiger partial charge in [0.25, 0.3) is 0 Å². The number of carboxylic acids is 1. The molecule has 0 fully saturated rings. The molecule has 0 saturated carbocycles. The van der Waals surface area contributed by atoms with E-state index in [-0.39, 0.29) is 18.4 Å². The number of carbonyl (C=O) groups excluding carboxylic acids is 1. The fourth-order valence-corrected chi connectivity index (χ4v) is 1.74. The Morgan fingerprint density at radius 2 is 1.95 bits per heavy atom. The number of aryl methyl sites for hydroxylation is 1. The highest BCUT2D eigenvalue weighted by atomic mass is 19.1. The highest BCUT2D eigenvalue weighted by Crippen LogP contribution is 2.13. The Morgan fingerprint density at radius 3 is 2.50 bits per heavy atom. The van der Waals surface area contributed by atoms with Crippen LogP contribution in [0.1, 0.15) is 32.8 Å². The van der Waals surface area contributed by atoms with E-state index in [9.17, 15) is 18.4 Å². The molecule has 2 N–H and O–H groups in total. The number of carbonyl (C=O) groups is 2. The average molecular weight is 315 g/mol. The molecule has 0 aliphatic rings. The Labute approximate surface area is 127 Å². The zero-order chi connectivity index (χ0) is 16.9. The summed E-state index contributed by atoms with van der Waals surface area (Å²) in [6.45, 7) is 4.93. The molecule has 1 rings (SSSR count). The van der Waals surface area contributed by atoms with E-state index < -0.39 is 35.3 Å². The second-order valence-electron chi connectivity index (χ2n) is 5.81. The second-order valence-corrected chi connectivity index (χ2v) is 5.81. The highest BCUT2D eigenvalue weighted by molar-refractivity contribution is 5.80. The average Bonchev–Trinajstić information content (AvgIpc) is 2.35. The Bertz CT molecular complexity index is 555. The van der Waals surface area contributed by atoms with Crippen LogP contribution in [-0.4, -0.2) is 28.8 Å². The number of ether oxygens (including phenoxy) is 1. The van der Waals surface area contributed by atoms with Crippen LogP contribution in [0.5, 0.6) is 0 Å². The molecule has 0 aliphatic heterocycles. The number of rotatable bonds is 5. The summed E-state index contributed by atoms with van der Waals surface area (Å²) in [6, 6.07) is 1.70. The highest BCUT2D eigenvalue weighted by Gasteiger charge is 2.24. The molecule has 1 atom stereocenters. The SMILES string of the molecule is CC(C)(C)OC(=O)N[C@H](CCc1cc(F)ccc1F)C(=O)O. The molecule has 0 radical (unpaired) electrons. The van der Waals surface area contributed by atoms with Gasteiger partial charge in [-0.3, -0.25) is 0 Å². The monoisotopic (exact) mass is 315 g/mol. The van der Waals surface area contributed by atoms with Gasteiger partial charge in [-0.25, -0.2) is 18.4 Å². The van der Waals surface area contributed by atoms with Crippen molar-refractivity contribution in [2.24, 2.45) is 0 Å². The van der Waals surface area contributed by atoms with Crippen LogP contribution in [-0.2, 0) is 16.0 Å². The Hall–Kier alpha value is -2.18. The second kappa shape index (κ2) is 7.20. The predicted molar refractivity (Wildman–Crippen MR) is 75.5 cm³/mol. The van der Waals surface area contributed by atoms with E-state index in [0.29, 0.717) is 0 Å². The lowest BCUT2D eigenvalue weighted by atomic mass is 10.0. The number of aliphatic carboxylic acids is 1. The third-order valence-electron chi connectivity index (χ3n) is 2.70. The lowest BCUT2D eigenvalue weighted by molar-refractivity contribution is -0.139. The number of benzene rings is 1. The summed E-state index contributed by atoms with van der Waals surface area (Å²) in [7, 11) is 0. The first kappa shape index (κ1) is 17.9. The first-order chi connectivity index (χ1) is 10.1. The molecule has 7 heteroatoms. The van der Waals surface area contributed by atoms with Crippen LogP contribution < -0.4 is 5.32 Å². The first-order valence-corrected chi connectivity index (χ1v) is 6.75. The zero-order valence-corrected chi connectivity index (χ0v) is 12.7. The van der Waals surface area contributed by atoms with Gasteiger partial charge in [-0.15, -0.1) is 0 Å². The van der Waals surface area contributed by atoms with E-state index in [0.717, 1.165) is 18.2 Å². The lowest BCUT2D eigenvalue weighted by Gasteiger charge is -2.22. The van der Waals surface area contributed by atoms with Crippen molar-refractivity contribution in [3.05, 3.63) is 35.4 Å². The summed E-state index contributed by atoms with van der Waals surface area (Å²) >= 11 is 0. The number of hydrogen-bond acceptors (Lipinski definition) is 3. The molecular formula is C15H19F2NO4. The maximum absolute atomic E-state index is 13.5. The van der Waals surface area contributed by atoms with Gasteiger partial charge in [0.15, 0.2) is 0 Å². The summed E-state index contributed by atoms with van der Waals surface area (Å²) < 4.78 is 31.5. The summed E-state index contributed by atoms with van der Waals surface area (Å²) in [5.41, 5.74) is -0.709. The summed E-state index contributed by atoms with van der Waals surface area (Å²) in [5, 5.41) is 11.3. The van der Waals surface area contributed by atoms with Gasteiger partial charge in [-0.2, -0.15) is 0 Å². The van der Waals surface area contributed by atoms with Crippen LogP contribution in [0.25, 0.3) is 0 Å². The Balaban J connectivity index is 2.67. The molecule has 1 amide bonds. The van der Waals surface area contributed by atoms with Crippen molar-refractivity contribution in [3.8, 4) is 0 Å². The molecule has 0 saturated heterocycles. The van der Waals surface area contributed by atoms with Crippen LogP contribution in [0.2, 0.25) is 0 Å². The minimum atomic E-state index is -1.28. The molecular weight excluding hydrogens is 296 g/mol. The van der Waals surface area contributed by atoms with Gasteiger partial charge < -0.3 is 15.2 Å². The van der Waals surface area contributed by atoms with Crippen molar-refractivity contribution in [2.45, 2.75) is 45.3 Å². The van der Waals surface area contributed by atoms with Crippen LogP contribution in [0.3, 0.4) is 0 Å². The van der Waals surface area contributed by atoms with Crippen molar-refractivity contribution in [1.29, 1.82) is 0 Å². The van der Waals surface area contributed by atoms with E-state index in [2.05, 4.69) is 5.32 Å². The maximum Gasteiger partial charge on any atom is 0.408 e. The van der Waals surface area contributed by atoms with Crippen molar-refractivity contribution in [3.63, 3.8) is 0 Å². The van der Waals surface area contributed by atoms with Gasteiger partial charge in [-0.1, -0.05) is 0 Å². The number of nitrogens with one attached hydrogen (secondary N) is 1. The van der Waals surface area contributed by atoms with Crippen molar-refractivity contribution in [1.82, 2.24) is 5.32 Å². The minimum absolute atomic E-state index is 0.0314. The Kier molecular flexibility index (Phi) is 5.84. The molecule has 0 aromatic heterocycles. The molecule has 22 heavy (non-hydrogen) atoms. The van der Waals surface area contributed by atoms with E-state index in [1.54, 1.807) is 20.8 Å². The number of hydrogen-bond donors (Lipinski definition) is 2.